The third-order valence-corrected chi connectivity index (χ3v) is 8.25. The van der Waals surface area contributed by atoms with Gasteiger partial charge in [-0.25, -0.2) is 16.8 Å². The van der Waals surface area contributed by atoms with Crippen LogP contribution in [0.4, 0.5) is 11.4 Å². The zero-order valence-electron chi connectivity index (χ0n) is 15.1. The molecule has 0 aliphatic rings. The molecule has 2 rings (SSSR count). The molecule has 0 unspecified atom stereocenters. The van der Waals surface area contributed by atoms with Gasteiger partial charge in [0, 0.05) is 0 Å². The Morgan fingerprint density at radius 3 is 1.23 bits per heavy atom. The lowest BCUT2D eigenvalue weighted by Crippen LogP contribution is -2.14. The molecule has 140 valence electrons. The van der Waals surface area contributed by atoms with Gasteiger partial charge in [0.25, 0.3) is 0 Å². The number of azo groups is 1. The number of hydrogen-bond acceptors (Lipinski definition) is 6. The Hall–Kier alpha value is -2.06. The zero-order chi connectivity index (χ0) is 19.5. The van der Waals surface area contributed by atoms with Crippen molar-refractivity contribution in [1.29, 1.82) is 0 Å². The van der Waals surface area contributed by atoms with E-state index in [0.717, 1.165) is 0 Å². The molecule has 0 bridgehead atoms. The summed E-state index contributed by atoms with van der Waals surface area (Å²) in [6.07, 6.45) is 0. The standard InChI is InChI=1S/C18H22N2O4S2/c1-13(2)25(21,22)17-11-7-5-9-15(17)19-20-16-10-6-8-12-18(16)26(23,24)14(3)4/h5-14H,1-4H3. The minimum Gasteiger partial charge on any atom is -0.223 e. The van der Waals surface area contributed by atoms with Gasteiger partial charge in [-0.2, -0.15) is 0 Å². The molecule has 6 nitrogen and oxygen atoms in total. The molecule has 0 aliphatic heterocycles. The van der Waals surface area contributed by atoms with Crippen LogP contribution in [-0.2, 0) is 19.7 Å². The molecule has 0 saturated carbocycles. The molecule has 0 aromatic heterocycles. The molecule has 0 fully saturated rings. The fourth-order valence-electron chi connectivity index (χ4n) is 2.18. The summed E-state index contributed by atoms with van der Waals surface area (Å²) in [5, 5.41) is 6.87. The molecular weight excluding hydrogens is 372 g/mol. The first-order chi connectivity index (χ1) is 12.1. The monoisotopic (exact) mass is 394 g/mol. The highest BCUT2D eigenvalue weighted by atomic mass is 32.2. The second kappa shape index (κ2) is 7.67. The van der Waals surface area contributed by atoms with Gasteiger partial charge in [0.2, 0.25) is 0 Å². The number of rotatable bonds is 6. The Kier molecular flexibility index (Phi) is 5.98. The molecular formula is C18H22N2O4S2. The highest BCUT2D eigenvalue weighted by molar-refractivity contribution is 7.92. The van der Waals surface area contributed by atoms with Crippen LogP contribution in [0.1, 0.15) is 27.7 Å². The minimum atomic E-state index is -3.54. The second-order valence-electron chi connectivity index (χ2n) is 6.32. The Balaban J connectivity index is 2.55. The summed E-state index contributed by atoms with van der Waals surface area (Å²) in [6.45, 7) is 6.36. The van der Waals surface area contributed by atoms with Gasteiger partial charge in [-0.3, -0.25) is 0 Å². The Morgan fingerprint density at radius 1 is 0.615 bits per heavy atom. The first-order valence-corrected chi connectivity index (χ1v) is 11.3. The van der Waals surface area contributed by atoms with Crippen molar-refractivity contribution in [2.24, 2.45) is 10.2 Å². The topological polar surface area (TPSA) is 93.0 Å². The lowest BCUT2D eigenvalue weighted by molar-refractivity contribution is 0.585. The van der Waals surface area contributed by atoms with Crippen LogP contribution in [-0.4, -0.2) is 27.3 Å². The molecule has 8 heteroatoms. The summed E-state index contributed by atoms with van der Waals surface area (Å²) in [5.41, 5.74) is 0.357. The van der Waals surface area contributed by atoms with E-state index in [4.69, 9.17) is 0 Å². The van der Waals surface area contributed by atoms with Crippen LogP contribution in [0.3, 0.4) is 0 Å². The highest BCUT2D eigenvalue weighted by Crippen LogP contribution is 2.32. The summed E-state index contributed by atoms with van der Waals surface area (Å²) >= 11 is 0. The van der Waals surface area contributed by atoms with Gasteiger partial charge in [-0.05, 0) is 52.0 Å². The number of hydrogen-bond donors (Lipinski definition) is 0. The van der Waals surface area contributed by atoms with E-state index < -0.39 is 30.2 Å². The summed E-state index contributed by atoms with van der Waals surface area (Å²) in [4.78, 5) is 0.144. The maximum absolute atomic E-state index is 12.5. The van der Waals surface area contributed by atoms with Crippen LogP contribution in [0, 0.1) is 0 Å². The number of benzene rings is 2. The highest BCUT2D eigenvalue weighted by Gasteiger charge is 2.24. The van der Waals surface area contributed by atoms with E-state index in [1.54, 1.807) is 64.1 Å². The maximum Gasteiger partial charge on any atom is 0.182 e. The van der Waals surface area contributed by atoms with Crippen LogP contribution in [0.15, 0.2) is 68.6 Å². The van der Waals surface area contributed by atoms with E-state index in [2.05, 4.69) is 10.2 Å². The van der Waals surface area contributed by atoms with Crippen LogP contribution in [0.5, 0.6) is 0 Å². The summed E-state index contributed by atoms with van der Waals surface area (Å²) in [6, 6.07) is 12.6. The molecule has 0 radical (unpaired) electrons. The van der Waals surface area contributed by atoms with Gasteiger partial charge in [-0.15, -0.1) is 10.2 Å². The normalized spacial score (nSPS) is 13.0. The van der Waals surface area contributed by atoms with Crippen molar-refractivity contribution in [2.75, 3.05) is 0 Å². The summed E-state index contributed by atoms with van der Waals surface area (Å²) in [5.74, 6) is 0. The molecule has 0 saturated heterocycles. The zero-order valence-corrected chi connectivity index (χ0v) is 16.8. The molecule has 2 aromatic rings. The lowest BCUT2D eigenvalue weighted by Gasteiger charge is -2.11. The van der Waals surface area contributed by atoms with Gasteiger partial charge < -0.3 is 0 Å². The van der Waals surface area contributed by atoms with E-state index in [1.165, 1.54) is 12.1 Å². The first-order valence-electron chi connectivity index (χ1n) is 8.16. The van der Waals surface area contributed by atoms with Crippen LogP contribution in [0.2, 0.25) is 0 Å². The van der Waals surface area contributed by atoms with Crippen molar-refractivity contribution < 1.29 is 16.8 Å². The summed E-state index contributed by atoms with van der Waals surface area (Å²) in [7, 11) is -7.07. The van der Waals surface area contributed by atoms with Crippen LogP contribution in [0.25, 0.3) is 0 Å². The van der Waals surface area contributed by atoms with Crippen molar-refractivity contribution in [3.05, 3.63) is 48.5 Å². The smallest absolute Gasteiger partial charge is 0.182 e. The largest absolute Gasteiger partial charge is 0.223 e. The van der Waals surface area contributed by atoms with Crippen molar-refractivity contribution in [3.63, 3.8) is 0 Å². The molecule has 26 heavy (non-hydrogen) atoms. The van der Waals surface area contributed by atoms with Crippen LogP contribution >= 0.6 is 0 Å². The molecule has 0 atom stereocenters. The Bertz CT molecular complexity index is 941. The molecule has 0 spiro atoms. The minimum absolute atomic E-state index is 0.0722. The summed E-state index contributed by atoms with van der Waals surface area (Å²) < 4.78 is 49.9. The molecule has 0 aliphatic carbocycles. The third kappa shape index (κ3) is 4.02. The van der Waals surface area contributed by atoms with E-state index in [-0.39, 0.29) is 21.2 Å². The maximum atomic E-state index is 12.5. The molecule has 0 heterocycles. The van der Waals surface area contributed by atoms with Crippen molar-refractivity contribution >= 4 is 31.0 Å². The molecule has 2 aromatic carbocycles. The number of nitrogens with zero attached hydrogens (tertiary/aromatic N) is 2. The van der Waals surface area contributed by atoms with Crippen LogP contribution < -0.4 is 0 Å². The number of sulfone groups is 2. The average molecular weight is 395 g/mol. The lowest BCUT2D eigenvalue weighted by atomic mass is 10.3. The van der Waals surface area contributed by atoms with E-state index in [9.17, 15) is 16.8 Å². The Labute approximate surface area is 154 Å². The predicted molar refractivity (Wildman–Crippen MR) is 102 cm³/mol. The van der Waals surface area contributed by atoms with Crippen molar-refractivity contribution in [1.82, 2.24) is 0 Å². The van der Waals surface area contributed by atoms with Gasteiger partial charge in [0.1, 0.15) is 11.4 Å². The van der Waals surface area contributed by atoms with E-state index in [1.807, 2.05) is 0 Å². The predicted octanol–water partition coefficient (Wildman–Crippen LogP) is 4.47. The van der Waals surface area contributed by atoms with E-state index in [0.29, 0.717) is 0 Å². The molecule has 0 amide bonds. The average Bonchev–Trinajstić information content (AvgIpc) is 2.60. The van der Waals surface area contributed by atoms with E-state index >= 15 is 0 Å². The van der Waals surface area contributed by atoms with Crippen molar-refractivity contribution in [2.45, 2.75) is 48.0 Å². The first kappa shape index (κ1) is 20.3. The second-order valence-corrected chi connectivity index (χ2v) is 11.3. The Morgan fingerprint density at radius 2 is 0.923 bits per heavy atom. The molecule has 0 N–H and O–H groups in total. The third-order valence-electron chi connectivity index (χ3n) is 3.85. The van der Waals surface area contributed by atoms with Gasteiger partial charge in [0.15, 0.2) is 19.7 Å². The fourth-order valence-corrected chi connectivity index (χ4v) is 4.53. The SMILES string of the molecule is CC(C)S(=O)(=O)c1ccccc1N=Nc1ccccc1S(=O)(=O)C(C)C. The fraction of sp³-hybridized carbons (Fsp3) is 0.333. The van der Waals surface area contributed by atoms with Gasteiger partial charge in [0.05, 0.1) is 20.3 Å². The van der Waals surface area contributed by atoms with Crippen molar-refractivity contribution in [3.8, 4) is 0 Å². The van der Waals surface area contributed by atoms with Gasteiger partial charge in [-0.1, -0.05) is 24.3 Å². The van der Waals surface area contributed by atoms with Gasteiger partial charge >= 0.3 is 0 Å². The quantitative estimate of drug-likeness (QED) is 0.676.